The van der Waals surface area contributed by atoms with E-state index in [1.807, 2.05) is 0 Å². The number of imidazole rings is 1. The first-order valence-electron chi connectivity index (χ1n) is 6.62. The van der Waals surface area contributed by atoms with Crippen molar-refractivity contribution in [3.8, 4) is 0 Å². The van der Waals surface area contributed by atoms with E-state index in [2.05, 4.69) is 13.1 Å². The first-order valence-corrected chi connectivity index (χ1v) is 10.1. The average Bonchev–Trinajstić information content (AvgIpc) is 3.06. The van der Waals surface area contributed by atoms with Crippen LogP contribution in [0.3, 0.4) is 0 Å². The molecule has 3 rings (SSSR count). The molecule has 4 unspecified atom stereocenters. The molecule has 4 atom stereocenters. The van der Waals surface area contributed by atoms with Crippen molar-refractivity contribution in [2.75, 3.05) is 12.3 Å². The molecule has 138 valence electrons. The Hall–Kier alpha value is -1.60. The zero-order valence-electron chi connectivity index (χ0n) is 12.1. The van der Waals surface area contributed by atoms with Gasteiger partial charge in [0, 0.05) is 3.17 Å². The molecule has 14 nitrogen and oxygen atoms in total. The summed E-state index contributed by atoms with van der Waals surface area (Å²) in [4.78, 5) is 18.9. The van der Waals surface area contributed by atoms with E-state index >= 15 is 0 Å². The van der Waals surface area contributed by atoms with Crippen molar-refractivity contribution in [3.05, 3.63) is 16.7 Å². The Kier molecular flexibility index (Phi) is 4.58. The van der Waals surface area contributed by atoms with E-state index in [1.165, 1.54) is 0 Å². The molecule has 0 aliphatic carbocycles. The van der Waals surface area contributed by atoms with Gasteiger partial charge in [-0.25, -0.2) is 15.3 Å². The molecule has 0 amide bonds. The molecule has 0 radical (unpaired) electrons. The van der Waals surface area contributed by atoms with E-state index in [0.717, 1.165) is 10.9 Å². The van der Waals surface area contributed by atoms with E-state index in [4.69, 9.17) is 15.6 Å². The Morgan fingerprint density at radius 2 is 2.04 bits per heavy atom. The summed E-state index contributed by atoms with van der Waals surface area (Å²) in [6.07, 6.45) is -4.58. The minimum atomic E-state index is -6.33. The average molecular weight is 473 g/mol. The highest BCUT2D eigenvalue weighted by molar-refractivity contribution is 5.71. The number of rotatable bonds is 4. The summed E-state index contributed by atoms with van der Waals surface area (Å²) in [5.74, 6) is -0.749. The van der Waals surface area contributed by atoms with Gasteiger partial charge in [0.15, 0.2) is 11.7 Å². The Morgan fingerprint density at radius 3 is 2.60 bits per heavy atom. The lowest BCUT2D eigenvalue weighted by Gasteiger charge is -2.18. The van der Waals surface area contributed by atoms with Crippen LogP contribution in [0.1, 0.15) is 6.23 Å². The molecule has 15 heteroatoms. The van der Waals surface area contributed by atoms with Crippen LogP contribution >= 0.6 is 0 Å². The van der Waals surface area contributed by atoms with Crippen molar-refractivity contribution in [1.29, 1.82) is 0 Å². The van der Waals surface area contributed by atoms with E-state index in [-0.39, 0.29) is 4.73 Å². The van der Waals surface area contributed by atoms with Crippen LogP contribution in [-0.2, 0) is 4.74 Å². The van der Waals surface area contributed by atoms with Crippen LogP contribution in [0.2, 0.25) is 0 Å². The topological polar surface area (TPSA) is 227 Å². The van der Waals surface area contributed by atoms with Gasteiger partial charge >= 0.3 is 25.7 Å². The Bertz CT molecular complexity index is 848. The minimum absolute atomic E-state index is 0.280. The fourth-order valence-corrected chi connectivity index (χ4v) is 3.34. The number of nitrogens with zero attached hydrogens (tertiary/aromatic N) is 4. The minimum Gasteiger partial charge on any atom is -0.394 e. The number of aliphatic hydroxyl groups is 3. The molecule has 2 aromatic rings. The lowest BCUT2D eigenvalue weighted by atomic mass is 10.1. The van der Waals surface area contributed by atoms with E-state index in [9.17, 15) is 25.3 Å². The van der Waals surface area contributed by atoms with Gasteiger partial charge in [-0.05, 0) is 4.73 Å². The maximum Gasteiger partial charge on any atom is 0.474 e. The van der Waals surface area contributed by atoms with Gasteiger partial charge < -0.3 is 25.8 Å². The molecule has 0 bridgehead atoms. The van der Waals surface area contributed by atoms with Crippen LogP contribution in [0, 0.1) is 0 Å². The number of hydrogen-bond donors (Lipinski definition) is 4. The lowest BCUT2D eigenvalue weighted by Crippen LogP contribution is -4.25. The molecule has 25 heavy (non-hydrogen) atoms. The summed E-state index contributed by atoms with van der Waals surface area (Å²) in [5, 5.41) is 29.0. The Balaban J connectivity index is 2.19. The van der Waals surface area contributed by atoms with Crippen LogP contribution in [0.5, 0.6) is 0 Å². The van der Waals surface area contributed by atoms with Gasteiger partial charge in [-0.3, -0.25) is 9.36 Å². The molecule has 0 spiro atoms. The molecule has 1 saturated heterocycles. The first kappa shape index (κ1) is 18.2. The summed E-state index contributed by atoms with van der Waals surface area (Å²) < 4.78 is 43.8. The van der Waals surface area contributed by atoms with Gasteiger partial charge in [0.1, 0.15) is 18.3 Å². The fraction of sp³-hybridized carbons (Fsp3) is 0.500. The number of ether oxygens (including phenoxy) is 1. The van der Waals surface area contributed by atoms with Gasteiger partial charge in [0.05, 0.1) is 12.9 Å². The third-order valence-electron chi connectivity index (χ3n) is 3.53. The zero-order valence-corrected chi connectivity index (χ0v) is 14.3. The molecule has 1 aliphatic rings. The summed E-state index contributed by atoms with van der Waals surface area (Å²) in [6.45, 7) is -0.617. The maximum absolute atomic E-state index is 11.9. The largest absolute Gasteiger partial charge is 0.474 e. The number of halogens is 1. The highest BCUT2D eigenvalue weighted by Crippen LogP contribution is 2.31. The third-order valence-corrected chi connectivity index (χ3v) is 4.41. The smallest absolute Gasteiger partial charge is 0.394 e. The van der Waals surface area contributed by atoms with Crippen LogP contribution < -0.4 is 44.9 Å². The number of aliphatic hydroxyl groups excluding tert-OH is 3. The van der Waals surface area contributed by atoms with E-state index in [0.29, 0.717) is 0 Å². The second kappa shape index (κ2) is 6.29. The SMILES string of the molecule is Nc1nc(=O)c2ncn(C3OC(CO)C(O)C3O)c2n1O[I+3]([O-])([O-])[O-]. The maximum atomic E-state index is 11.9. The number of nitrogen functional groups attached to an aromatic ring is 1. The molecule has 5 N–H and O–H groups in total. The van der Waals surface area contributed by atoms with Gasteiger partial charge in [-0.15, -0.1) is 0 Å². The van der Waals surface area contributed by atoms with Crippen molar-refractivity contribution in [2.24, 2.45) is 0 Å². The van der Waals surface area contributed by atoms with Crippen LogP contribution in [-0.4, -0.2) is 59.5 Å². The number of aromatic nitrogens is 4. The first-order chi connectivity index (χ1) is 11.6. The molecular weight excluding hydrogens is 461 g/mol. The van der Waals surface area contributed by atoms with Crippen molar-refractivity contribution >= 4 is 17.1 Å². The number of nitrogens with two attached hydrogens (primary N) is 1. The molecule has 0 aromatic carbocycles. The van der Waals surface area contributed by atoms with Crippen LogP contribution in [0.25, 0.3) is 11.2 Å². The van der Waals surface area contributed by atoms with Gasteiger partial charge in [0.25, 0.3) is 5.95 Å². The monoisotopic (exact) mass is 473 g/mol. The standard InChI is InChI=1S/C10H12IN5O9/c12-10-14-7(20)4-8(16(10)25-11(21,22)23)15(2-13-4)9-6(19)5(18)3(1-17)24-9/h2-3,5-6,9,17-19H,1H2,(H2,12,14,20). The van der Waals surface area contributed by atoms with E-state index in [1.54, 1.807) is 0 Å². The summed E-state index contributed by atoms with van der Waals surface area (Å²) in [5.41, 5.74) is 3.65. The highest BCUT2D eigenvalue weighted by Gasteiger charge is 2.45. The summed E-state index contributed by atoms with van der Waals surface area (Å²) in [7, 11) is 0. The molecule has 0 saturated carbocycles. The van der Waals surface area contributed by atoms with Crippen molar-refractivity contribution < 1.29 is 53.6 Å². The zero-order chi connectivity index (χ0) is 18.5. The van der Waals surface area contributed by atoms with E-state index < -0.39 is 73.9 Å². The summed E-state index contributed by atoms with van der Waals surface area (Å²) in [6, 6.07) is 0. The number of fused-ring (bicyclic) bond motifs is 1. The Labute approximate surface area is 144 Å². The lowest BCUT2D eigenvalue weighted by molar-refractivity contribution is -1.92. The van der Waals surface area contributed by atoms with Crippen molar-refractivity contribution in [3.63, 3.8) is 0 Å². The second-order valence-corrected chi connectivity index (χ2v) is 7.62. The Morgan fingerprint density at radius 1 is 1.36 bits per heavy atom. The van der Waals surface area contributed by atoms with Crippen molar-refractivity contribution in [2.45, 2.75) is 24.5 Å². The highest BCUT2D eigenvalue weighted by atomic mass is 127. The number of anilines is 1. The predicted molar refractivity (Wildman–Crippen MR) is 65.8 cm³/mol. The van der Waals surface area contributed by atoms with Gasteiger partial charge in [-0.2, -0.15) is 4.98 Å². The third kappa shape index (κ3) is 3.15. The second-order valence-electron chi connectivity index (χ2n) is 5.07. The van der Waals surface area contributed by atoms with Crippen LogP contribution in [0.4, 0.5) is 5.95 Å². The predicted octanol–water partition coefficient (Wildman–Crippen LogP) is -9.88. The van der Waals surface area contributed by atoms with Gasteiger partial charge in [0.2, 0.25) is 5.65 Å². The van der Waals surface area contributed by atoms with Gasteiger partial charge in [-0.1, -0.05) is 0 Å². The van der Waals surface area contributed by atoms with Crippen molar-refractivity contribution in [1.82, 2.24) is 19.3 Å². The molecule has 1 aliphatic heterocycles. The molecule has 2 aromatic heterocycles. The molecular formula is C10H12IN5O9. The quantitative estimate of drug-likeness (QED) is 0.304. The fourth-order valence-electron chi connectivity index (χ4n) is 2.47. The number of hydrogen-bond acceptors (Lipinski definition) is 12. The van der Waals surface area contributed by atoms with Crippen LogP contribution in [0.15, 0.2) is 11.1 Å². The molecule has 3 heterocycles. The normalized spacial score (nSPS) is 27.1. The molecule has 1 fully saturated rings. The summed E-state index contributed by atoms with van der Waals surface area (Å²) >= 11 is -6.33.